The molecule has 0 saturated heterocycles. The average Bonchev–Trinajstić information content (AvgIpc) is 3.09. The van der Waals surface area contributed by atoms with E-state index in [4.69, 9.17) is 10.2 Å². The van der Waals surface area contributed by atoms with Gasteiger partial charge in [-0.2, -0.15) is 0 Å². The van der Waals surface area contributed by atoms with Crippen molar-refractivity contribution in [3.8, 4) is 0 Å². The third-order valence-electron chi connectivity index (χ3n) is 3.47. The zero-order chi connectivity index (χ0) is 18.1. The number of amides is 1. The summed E-state index contributed by atoms with van der Waals surface area (Å²) in [5.41, 5.74) is 6.59. The van der Waals surface area contributed by atoms with Gasteiger partial charge in [-0.3, -0.25) is 9.59 Å². The largest absolute Gasteiger partial charge is 0.426 e. The number of oxazole rings is 1. The van der Waals surface area contributed by atoms with E-state index in [0.717, 1.165) is 4.57 Å². The van der Waals surface area contributed by atoms with Gasteiger partial charge < -0.3 is 15.5 Å². The number of hydrogen-bond donors (Lipinski definition) is 2. The van der Waals surface area contributed by atoms with E-state index in [1.807, 2.05) is 0 Å². The van der Waals surface area contributed by atoms with Gasteiger partial charge in [-0.05, 0) is 12.1 Å². The molecule has 1 amide bonds. The van der Waals surface area contributed by atoms with Crippen LogP contribution in [0.1, 0.15) is 18.6 Å². The molecule has 3 rings (SSSR count). The SMILES string of the molecule is CC(C)C(=O)Nc1cn(CC(=O)n2c(=O)oc3cc(N)ccc32)nn1. The number of anilines is 2. The van der Waals surface area contributed by atoms with Crippen LogP contribution < -0.4 is 16.8 Å². The van der Waals surface area contributed by atoms with Gasteiger partial charge >= 0.3 is 5.76 Å². The molecule has 130 valence electrons. The van der Waals surface area contributed by atoms with E-state index in [1.165, 1.54) is 23.0 Å². The van der Waals surface area contributed by atoms with Crippen molar-refractivity contribution in [1.82, 2.24) is 19.6 Å². The van der Waals surface area contributed by atoms with Crippen molar-refractivity contribution in [3.05, 3.63) is 34.9 Å². The third kappa shape index (κ3) is 3.27. The molecule has 0 aliphatic rings. The van der Waals surface area contributed by atoms with Gasteiger partial charge in [0.25, 0.3) is 5.91 Å². The lowest BCUT2D eigenvalue weighted by atomic mass is 10.2. The fraction of sp³-hybridized carbons (Fsp3) is 0.267. The van der Waals surface area contributed by atoms with E-state index in [2.05, 4.69) is 15.6 Å². The summed E-state index contributed by atoms with van der Waals surface area (Å²) in [6.45, 7) is 3.24. The second kappa shape index (κ2) is 6.23. The van der Waals surface area contributed by atoms with E-state index in [-0.39, 0.29) is 29.8 Å². The predicted molar refractivity (Wildman–Crippen MR) is 89.0 cm³/mol. The molecule has 0 atom stereocenters. The maximum atomic E-state index is 12.4. The number of carbonyl (C=O) groups is 2. The Morgan fingerprint density at radius 2 is 2.12 bits per heavy atom. The van der Waals surface area contributed by atoms with Crippen molar-refractivity contribution in [3.63, 3.8) is 0 Å². The maximum absolute atomic E-state index is 12.4. The first kappa shape index (κ1) is 16.4. The molecule has 2 aromatic heterocycles. The molecular formula is C15H16N6O4. The second-order valence-corrected chi connectivity index (χ2v) is 5.77. The third-order valence-corrected chi connectivity index (χ3v) is 3.47. The van der Waals surface area contributed by atoms with E-state index < -0.39 is 11.7 Å². The zero-order valence-corrected chi connectivity index (χ0v) is 13.6. The topological polar surface area (TPSA) is 138 Å². The smallest absolute Gasteiger partial charge is 0.407 e. The molecule has 0 spiro atoms. The van der Waals surface area contributed by atoms with Gasteiger partial charge in [-0.15, -0.1) is 5.10 Å². The Kier molecular flexibility index (Phi) is 4.09. The van der Waals surface area contributed by atoms with Crippen LogP contribution in [0.15, 0.2) is 33.6 Å². The van der Waals surface area contributed by atoms with Crippen molar-refractivity contribution in [1.29, 1.82) is 0 Å². The van der Waals surface area contributed by atoms with Crippen LogP contribution in [0.4, 0.5) is 11.5 Å². The minimum atomic E-state index is -0.806. The molecule has 1 aromatic carbocycles. The highest BCUT2D eigenvalue weighted by molar-refractivity contribution is 5.91. The fourth-order valence-electron chi connectivity index (χ4n) is 2.18. The molecule has 3 N–H and O–H groups in total. The molecule has 2 heterocycles. The molecule has 3 aromatic rings. The van der Waals surface area contributed by atoms with Crippen LogP contribution >= 0.6 is 0 Å². The van der Waals surface area contributed by atoms with Crippen LogP contribution in [-0.4, -0.2) is 31.4 Å². The molecule has 0 radical (unpaired) electrons. The van der Waals surface area contributed by atoms with Gasteiger partial charge in [0.15, 0.2) is 11.4 Å². The summed E-state index contributed by atoms with van der Waals surface area (Å²) in [6.07, 6.45) is 1.41. The lowest BCUT2D eigenvalue weighted by Gasteiger charge is -2.03. The predicted octanol–water partition coefficient (Wildman–Crippen LogP) is 0.703. The van der Waals surface area contributed by atoms with Crippen molar-refractivity contribution in [2.24, 2.45) is 5.92 Å². The maximum Gasteiger partial charge on any atom is 0.426 e. The molecular weight excluding hydrogens is 328 g/mol. The Hall–Kier alpha value is -3.43. The lowest BCUT2D eigenvalue weighted by molar-refractivity contribution is -0.118. The molecule has 0 bridgehead atoms. The van der Waals surface area contributed by atoms with E-state index in [0.29, 0.717) is 11.2 Å². The van der Waals surface area contributed by atoms with Crippen LogP contribution in [0.5, 0.6) is 0 Å². The number of rotatable bonds is 4. The van der Waals surface area contributed by atoms with Crippen LogP contribution in [0.2, 0.25) is 0 Å². The molecule has 10 heteroatoms. The minimum absolute atomic E-state index is 0.213. The van der Waals surface area contributed by atoms with Gasteiger partial charge in [0.05, 0.1) is 11.7 Å². The molecule has 0 aliphatic carbocycles. The summed E-state index contributed by atoms with van der Waals surface area (Å²) in [6, 6.07) is 4.56. The molecule has 0 saturated carbocycles. The second-order valence-electron chi connectivity index (χ2n) is 5.77. The number of fused-ring (bicyclic) bond motifs is 1. The Labute approximate surface area is 141 Å². The Morgan fingerprint density at radius 1 is 1.36 bits per heavy atom. The van der Waals surface area contributed by atoms with E-state index in [9.17, 15) is 14.4 Å². The summed E-state index contributed by atoms with van der Waals surface area (Å²) in [4.78, 5) is 36.0. The van der Waals surface area contributed by atoms with Crippen LogP contribution in [0.25, 0.3) is 11.1 Å². The first-order chi connectivity index (χ1) is 11.8. The van der Waals surface area contributed by atoms with Gasteiger partial charge in [-0.1, -0.05) is 19.1 Å². The van der Waals surface area contributed by atoms with Crippen LogP contribution in [-0.2, 0) is 11.3 Å². The number of nitrogens with two attached hydrogens (primary N) is 1. The summed E-state index contributed by atoms with van der Waals surface area (Å²) >= 11 is 0. The number of aromatic nitrogens is 4. The monoisotopic (exact) mass is 344 g/mol. The highest BCUT2D eigenvalue weighted by atomic mass is 16.4. The van der Waals surface area contributed by atoms with Crippen molar-refractivity contribution in [2.75, 3.05) is 11.1 Å². The van der Waals surface area contributed by atoms with Gasteiger partial charge in [0, 0.05) is 17.7 Å². The Bertz CT molecular complexity index is 1010. The Morgan fingerprint density at radius 3 is 2.84 bits per heavy atom. The number of benzene rings is 1. The average molecular weight is 344 g/mol. The summed E-state index contributed by atoms with van der Waals surface area (Å²) in [5.74, 6) is -1.56. The van der Waals surface area contributed by atoms with Crippen molar-refractivity contribution < 1.29 is 14.0 Å². The molecule has 0 fully saturated rings. The molecule has 10 nitrogen and oxygen atoms in total. The normalized spacial score (nSPS) is 11.2. The number of carbonyl (C=O) groups excluding carboxylic acids is 2. The highest BCUT2D eigenvalue weighted by Crippen LogP contribution is 2.16. The quantitative estimate of drug-likeness (QED) is 0.664. The van der Waals surface area contributed by atoms with E-state index in [1.54, 1.807) is 19.9 Å². The molecule has 0 unspecified atom stereocenters. The first-order valence-corrected chi connectivity index (χ1v) is 7.50. The number of nitrogen functional groups attached to an aromatic ring is 1. The van der Waals surface area contributed by atoms with Gasteiger partial charge in [0.2, 0.25) is 5.91 Å². The minimum Gasteiger partial charge on any atom is -0.407 e. The van der Waals surface area contributed by atoms with E-state index >= 15 is 0 Å². The zero-order valence-electron chi connectivity index (χ0n) is 13.6. The number of nitrogens with one attached hydrogen (secondary N) is 1. The standard InChI is InChI=1S/C15H16N6O4/c1-8(2)14(23)17-12-6-20(19-18-12)7-13(22)21-10-4-3-9(16)5-11(10)25-15(21)24/h3-6,8H,7,16H2,1-2H3,(H,17,23). The molecule has 25 heavy (non-hydrogen) atoms. The summed E-state index contributed by atoms with van der Waals surface area (Å²) in [7, 11) is 0. The van der Waals surface area contributed by atoms with Crippen molar-refractivity contribution in [2.45, 2.75) is 20.4 Å². The van der Waals surface area contributed by atoms with Gasteiger partial charge in [0.1, 0.15) is 6.54 Å². The van der Waals surface area contributed by atoms with Crippen LogP contribution in [0, 0.1) is 5.92 Å². The molecule has 0 aliphatic heterocycles. The lowest BCUT2D eigenvalue weighted by Crippen LogP contribution is -2.26. The summed E-state index contributed by atoms with van der Waals surface area (Å²) < 4.78 is 7.16. The van der Waals surface area contributed by atoms with Gasteiger partial charge in [-0.25, -0.2) is 14.0 Å². The fourth-order valence-corrected chi connectivity index (χ4v) is 2.18. The van der Waals surface area contributed by atoms with Crippen molar-refractivity contribution >= 4 is 34.4 Å². The number of nitrogens with zero attached hydrogens (tertiary/aromatic N) is 4. The van der Waals surface area contributed by atoms with Crippen LogP contribution in [0.3, 0.4) is 0 Å². The highest BCUT2D eigenvalue weighted by Gasteiger charge is 2.18. The Balaban J connectivity index is 1.82. The number of hydrogen-bond acceptors (Lipinski definition) is 7. The first-order valence-electron chi connectivity index (χ1n) is 7.50. The summed E-state index contributed by atoms with van der Waals surface area (Å²) in [5, 5.41) is 10.1.